The predicted octanol–water partition coefficient (Wildman–Crippen LogP) is 0.150. The van der Waals surface area contributed by atoms with Crippen molar-refractivity contribution in [2.75, 3.05) is 13.2 Å². The predicted molar refractivity (Wildman–Crippen MR) is 58.7 cm³/mol. The van der Waals surface area contributed by atoms with Gasteiger partial charge in [-0.25, -0.2) is 0 Å². The molecule has 15 heavy (non-hydrogen) atoms. The molecule has 1 aromatic heterocycles. The van der Waals surface area contributed by atoms with Crippen molar-refractivity contribution < 1.29 is 15.0 Å². The Hall–Kier alpha value is -0.910. The van der Waals surface area contributed by atoms with Gasteiger partial charge in [-0.15, -0.1) is 11.3 Å². The van der Waals surface area contributed by atoms with Gasteiger partial charge in [-0.3, -0.25) is 4.79 Å². The summed E-state index contributed by atoms with van der Waals surface area (Å²) in [6, 6.07) is 3.94. The molecule has 4 nitrogen and oxygen atoms in total. The number of hydrogen-bond donors (Lipinski definition) is 3. The van der Waals surface area contributed by atoms with Crippen molar-refractivity contribution in [3.63, 3.8) is 0 Å². The van der Waals surface area contributed by atoms with Crippen LogP contribution in [0, 0.1) is 0 Å². The number of amides is 1. The molecule has 0 saturated carbocycles. The van der Waals surface area contributed by atoms with Gasteiger partial charge >= 0.3 is 0 Å². The Morgan fingerprint density at radius 3 is 3.00 bits per heavy atom. The third kappa shape index (κ3) is 4.92. The van der Waals surface area contributed by atoms with E-state index in [0.29, 0.717) is 6.42 Å². The second-order valence-electron chi connectivity index (χ2n) is 3.22. The summed E-state index contributed by atoms with van der Waals surface area (Å²) >= 11 is 1.62. The topological polar surface area (TPSA) is 69.6 Å². The molecule has 0 aliphatic rings. The monoisotopic (exact) mass is 229 g/mol. The number of aryl methyl sites for hydroxylation is 1. The van der Waals surface area contributed by atoms with Crippen molar-refractivity contribution in [1.82, 2.24) is 5.32 Å². The molecule has 1 unspecified atom stereocenters. The molecule has 1 rings (SSSR count). The molecule has 0 fully saturated rings. The van der Waals surface area contributed by atoms with E-state index < -0.39 is 6.10 Å². The minimum atomic E-state index is -0.865. The fraction of sp³-hybridized carbons (Fsp3) is 0.500. The summed E-state index contributed by atoms with van der Waals surface area (Å²) < 4.78 is 0. The van der Waals surface area contributed by atoms with Crippen LogP contribution in [0.1, 0.15) is 11.3 Å². The Morgan fingerprint density at radius 1 is 1.60 bits per heavy atom. The van der Waals surface area contributed by atoms with Crippen LogP contribution in [-0.4, -0.2) is 35.4 Å². The number of carbonyl (C=O) groups is 1. The average Bonchev–Trinajstić information content (AvgIpc) is 2.75. The van der Waals surface area contributed by atoms with Crippen LogP contribution in [0.25, 0.3) is 0 Å². The molecule has 1 aromatic rings. The zero-order chi connectivity index (χ0) is 11.1. The highest BCUT2D eigenvalue weighted by Crippen LogP contribution is 2.10. The van der Waals surface area contributed by atoms with Crippen molar-refractivity contribution >= 4 is 17.2 Å². The van der Waals surface area contributed by atoms with Crippen LogP contribution >= 0.6 is 11.3 Å². The van der Waals surface area contributed by atoms with Gasteiger partial charge in [0, 0.05) is 17.8 Å². The first-order valence-corrected chi connectivity index (χ1v) is 5.68. The Balaban J connectivity index is 2.14. The summed E-state index contributed by atoms with van der Waals surface area (Å²) in [5.41, 5.74) is 0. The molecule has 3 N–H and O–H groups in total. The molecule has 1 amide bonds. The summed E-state index contributed by atoms with van der Waals surface area (Å²) in [6.45, 7) is -0.217. The van der Waals surface area contributed by atoms with E-state index in [1.54, 1.807) is 11.3 Å². The van der Waals surface area contributed by atoms with Crippen LogP contribution in [0.15, 0.2) is 17.5 Å². The first-order chi connectivity index (χ1) is 7.22. The van der Waals surface area contributed by atoms with Gasteiger partial charge in [0.05, 0.1) is 12.7 Å². The lowest BCUT2D eigenvalue weighted by Gasteiger charge is -2.08. The molecule has 0 spiro atoms. The van der Waals surface area contributed by atoms with E-state index in [4.69, 9.17) is 10.2 Å². The molecule has 1 heterocycles. The van der Waals surface area contributed by atoms with Crippen LogP contribution in [0.5, 0.6) is 0 Å². The molecule has 0 aromatic carbocycles. The number of aliphatic hydroxyl groups is 2. The number of aliphatic hydroxyl groups excluding tert-OH is 2. The van der Waals surface area contributed by atoms with Crippen LogP contribution in [0.2, 0.25) is 0 Å². The molecular weight excluding hydrogens is 214 g/mol. The number of nitrogens with one attached hydrogen (secondary N) is 1. The quantitative estimate of drug-likeness (QED) is 0.650. The number of thiophene rings is 1. The first kappa shape index (κ1) is 12.2. The molecule has 0 radical (unpaired) electrons. The van der Waals surface area contributed by atoms with Crippen molar-refractivity contribution in [1.29, 1.82) is 0 Å². The smallest absolute Gasteiger partial charge is 0.220 e. The van der Waals surface area contributed by atoms with E-state index in [0.717, 1.165) is 6.42 Å². The molecule has 0 aliphatic heterocycles. The zero-order valence-corrected chi connectivity index (χ0v) is 9.17. The highest BCUT2D eigenvalue weighted by Gasteiger charge is 2.06. The number of rotatable bonds is 6. The molecule has 0 bridgehead atoms. The molecule has 5 heteroatoms. The lowest BCUT2D eigenvalue weighted by molar-refractivity contribution is -0.121. The minimum absolute atomic E-state index is 0.101. The van der Waals surface area contributed by atoms with Crippen molar-refractivity contribution in [2.45, 2.75) is 18.9 Å². The maximum Gasteiger partial charge on any atom is 0.220 e. The van der Waals surface area contributed by atoms with Gasteiger partial charge in [0.15, 0.2) is 0 Å². The van der Waals surface area contributed by atoms with E-state index in [2.05, 4.69) is 5.32 Å². The van der Waals surface area contributed by atoms with Crippen molar-refractivity contribution in [3.05, 3.63) is 22.4 Å². The minimum Gasteiger partial charge on any atom is -0.394 e. The number of carbonyl (C=O) groups excluding carboxylic acids is 1. The summed E-state index contributed by atoms with van der Waals surface area (Å²) in [6.07, 6.45) is 0.271. The largest absolute Gasteiger partial charge is 0.394 e. The molecule has 0 saturated heterocycles. The van der Waals surface area contributed by atoms with Gasteiger partial charge < -0.3 is 15.5 Å². The maximum absolute atomic E-state index is 11.3. The lowest BCUT2D eigenvalue weighted by Crippen LogP contribution is -2.33. The van der Waals surface area contributed by atoms with Crippen LogP contribution in [0.3, 0.4) is 0 Å². The van der Waals surface area contributed by atoms with Gasteiger partial charge in [-0.2, -0.15) is 0 Å². The summed E-state index contributed by atoms with van der Waals surface area (Å²) in [4.78, 5) is 12.4. The van der Waals surface area contributed by atoms with Gasteiger partial charge in [0.1, 0.15) is 0 Å². The fourth-order valence-corrected chi connectivity index (χ4v) is 1.79. The van der Waals surface area contributed by atoms with Gasteiger partial charge in [-0.05, 0) is 17.9 Å². The highest BCUT2D eigenvalue weighted by atomic mass is 32.1. The maximum atomic E-state index is 11.3. The molecule has 0 aliphatic carbocycles. The molecule has 84 valence electrons. The van der Waals surface area contributed by atoms with E-state index in [1.165, 1.54) is 4.88 Å². The Morgan fingerprint density at radius 2 is 2.40 bits per heavy atom. The van der Waals surface area contributed by atoms with E-state index in [9.17, 15) is 4.79 Å². The Bertz CT molecular complexity index is 287. The second-order valence-corrected chi connectivity index (χ2v) is 4.25. The van der Waals surface area contributed by atoms with Crippen LogP contribution < -0.4 is 5.32 Å². The zero-order valence-electron chi connectivity index (χ0n) is 8.35. The van der Waals surface area contributed by atoms with E-state index in [-0.39, 0.29) is 19.1 Å². The summed E-state index contributed by atoms with van der Waals surface area (Å²) in [7, 11) is 0. The standard InChI is InChI=1S/C10H15NO3S/c12-7-8(13)6-11-10(14)4-3-9-2-1-5-15-9/h1-2,5,8,12-13H,3-4,6-7H2,(H,11,14). The average molecular weight is 229 g/mol. The molecule has 1 atom stereocenters. The fourth-order valence-electron chi connectivity index (χ4n) is 1.08. The molecular formula is C10H15NO3S. The van der Waals surface area contributed by atoms with Crippen molar-refractivity contribution in [3.8, 4) is 0 Å². The van der Waals surface area contributed by atoms with Gasteiger partial charge in [0.25, 0.3) is 0 Å². The lowest BCUT2D eigenvalue weighted by atomic mass is 10.2. The Labute approximate surface area is 92.6 Å². The first-order valence-electron chi connectivity index (χ1n) is 4.80. The van der Waals surface area contributed by atoms with Gasteiger partial charge in [0.2, 0.25) is 5.91 Å². The van der Waals surface area contributed by atoms with Crippen molar-refractivity contribution in [2.24, 2.45) is 0 Å². The third-order valence-corrected chi connectivity index (χ3v) is 2.86. The Kier molecular flexibility index (Phi) is 5.31. The van der Waals surface area contributed by atoms with E-state index in [1.807, 2.05) is 17.5 Å². The van der Waals surface area contributed by atoms with Crippen LogP contribution in [0.4, 0.5) is 0 Å². The highest BCUT2D eigenvalue weighted by molar-refractivity contribution is 7.09. The van der Waals surface area contributed by atoms with E-state index >= 15 is 0 Å². The third-order valence-electron chi connectivity index (χ3n) is 1.92. The summed E-state index contributed by atoms with van der Waals surface area (Å²) in [5, 5.41) is 22.1. The normalized spacial score (nSPS) is 12.4. The van der Waals surface area contributed by atoms with Gasteiger partial charge in [-0.1, -0.05) is 6.07 Å². The van der Waals surface area contributed by atoms with Crippen LogP contribution in [-0.2, 0) is 11.2 Å². The SMILES string of the molecule is O=C(CCc1cccs1)NCC(O)CO. The number of hydrogen-bond acceptors (Lipinski definition) is 4. The summed E-state index contributed by atoms with van der Waals surface area (Å²) in [5.74, 6) is -0.101. The second kappa shape index (κ2) is 6.55.